The van der Waals surface area contributed by atoms with Crippen molar-refractivity contribution in [3.63, 3.8) is 0 Å². The first-order chi connectivity index (χ1) is 7.76. The van der Waals surface area contributed by atoms with Gasteiger partial charge >= 0.3 is 0 Å². The van der Waals surface area contributed by atoms with Gasteiger partial charge in [-0.2, -0.15) is 0 Å². The Morgan fingerprint density at radius 2 is 1.76 bits per heavy atom. The highest BCUT2D eigenvalue weighted by Gasteiger charge is 2.22. The van der Waals surface area contributed by atoms with E-state index in [0.717, 1.165) is 0 Å². The second kappa shape index (κ2) is 4.96. The third-order valence-electron chi connectivity index (χ3n) is 2.03. The Labute approximate surface area is 102 Å². The van der Waals surface area contributed by atoms with E-state index < -0.39 is 28.9 Å². The van der Waals surface area contributed by atoms with Crippen molar-refractivity contribution < 1.29 is 18.0 Å². The van der Waals surface area contributed by atoms with Crippen molar-refractivity contribution in [1.29, 1.82) is 0 Å². The number of benzene rings is 1. The van der Waals surface area contributed by atoms with Crippen LogP contribution in [-0.4, -0.2) is 17.3 Å². The van der Waals surface area contributed by atoms with Gasteiger partial charge in [-0.3, -0.25) is 4.79 Å². The highest BCUT2D eigenvalue weighted by molar-refractivity contribution is 6.18. The molecule has 0 saturated carbocycles. The van der Waals surface area contributed by atoms with Crippen LogP contribution in [0, 0.1) is 17.5 Å². The SMILES string of the molecule is CC(C)(CCl)NC(=O)c1cc(F)c(F)c(F)c1. The lowest BCUT2D eigenvalue weighted by Crippen LogP contribution is -2.45. The average Bonchev–Trinajstić information content (AvgIpc) is 2.24. The van der Waals surface area contributed by atoms with E-state index in [0.29, 0.717) is 12.1 Å². The predicted molar refractivity (Wildman–Crippen MR) is 58.6 cm³/mol. The molecule has 0 aromatic heterocycles. The lowest BCUT2D eigenvalue weighted by molar-refractivity contribution is 0.0919. The Hall–Kier alpha value is -1.23. The fourth-order valence-electron chi connectivity index (χ4n) is 1.10. The summed E-state index contributed by atoms with van der Waals surface area (Å²) in [6.45, 7) is 3.29. The van der Waals surface area contributed by atoms with Crippen molar-refractivity contribution in [2.75, 3.05) is 5.88 Å². The molecule has 0 atom stereocenters. The summed E-state index contributed by atoms with van der Waals surface area (Å²) in [6.07, 6.45) is 0. The summed E-state index contributed by atoms with van der Waals surface area (Å²) in [5.41, 5.74) is -1.01. The highest BCUT2D eigenvalue weighted by Crippen LogP contribution is 2.14. The molecule has 0 radical (unpaired) electrons. The van der Waals surface area contributed by atoms with Gasteiger partial charge in [0.2, 0.25) is 0 Å². The van der Waals surface area contributed by atoms with Crippen LogP contribution in [0.25, 0.3) is 0 Å². The maximum Gasteiger partial charge on any atom is 0.251 e. The summed E-state index contributed by atoms with van der Waals surface area (Å²) in [5, 5.41) is 2.47. The summed E-state index contributed by atoms with van der Waals surface area (Å²) >= 11 is 5.59. The summed E-state index contributed by atoms with van der Waals surface area (Å²) in [4.78, 5) is 11.6. The molecule has 1 N–H and O–H groups in total. The molecule has 0 bridgehead atoms. The fraction of sp³-hybridized carbons (Fsp3) is 0.364. The minimum atomic E-state index is -1.60. The van der Waals surface area contributed by atoms with Gasteiger partial charge in [0, 0.05) is 17.0 Å². The van der Waals surface area contributed by atoms with Gasteiger partial charge in [-0.05, 0) is 26.0 Å². The predicted octanol–water partition coefficient (Wildman–Crippen LogP) is 2.85. The number of amides is 1. The molecule has 2 nitrogen and oxygen atoms in total. The zero-order valence-electron chi connectivity index (χ0n) is 9.28. The Balaban J connectivity index is 2.98. The van der Waals surface area contributed by atoms with Crippen molar-refractivity contribution in [2.45, 2.75) is 19.4 Å². The van der Waals surface area contributed by atoms with Crippen molar-refractivity contribution >= 4 is 17.5 Å². The molecule has 17 heavy (non-hydrogen) atoms. The Kier molecular flexibility index (Phi) is 4.03. The number of carbonyl (C=O) groups excluding carboxylic acids is 1. The maximum atomic E-state index is 12.9. The molecule has 6 heteroatoms. The summed E-state index contributed by atoms with van der Waals surface area (Å²) in [6, 6.07) is 1.27. The van der Waals surface area contributed by atoms with Gasteiger partial charge in [-0.15, -0.1) is 11.6 Å². The minimum Gasteiger partial charge on any atom is -0.346 e. The third kappa shape index (κ3) is 3.36. The molecule has 0 unspecified atom stereocenters. The molecule has 0 spiro atoms. The summed E-state index contributed by atoms with van der Waals surface area (Å²) in [5.74, 6) is -4.99. The van der Waals surface area contributed by atoms with E-state index in [1.807, 2.05) is 0 Å². The van der Waals surface area contributed by atoms with Crippen LogP contribution in [0.5, 0.6) is 0 Å². The van der Waals surface area contributed by atoms with Crippen molar-refractivity contribution in [2.24, 2.45) is 0 Å². The van der Waals surface area contributed by atoms with Crippen LogP contribution in [0.4, 0.5) is 13.2 Å². The highest BCUT2D eigenvalue weighted by atomic mass is 35.5. The van der Waals surface area contributed by atoms with Crippen LogP contribution in [0.2, 0.25) is 0 Å². The van der Waals surface area contributed by atoms with E-state index >= 15 is 0 Å². The summed E-state index contributed by atoms with van der Waals surface area (Å²) in [7, 11) is 0. The Morgan fingerprint density at radius 3 is 2.18 bits per heavy atom. The van der Waals surface area contributed by atoms with Gasteiger partial charge in [0.1, 0.15) is 0 Å². The van der Waals surface area contributed by atoms with Crippen LogP contribution < -0.4 is 5.32 Å². The normalized spacial score (nSPS) is 11.4. The molecular weight excluding hydrogens is 255 g/mol. The molecule has 1 aromatic carbocycles. The standard InChI is InChI=1S/C11H11ClF3NO/c1-11(2,5-12)16-10(17)6-3-7(13)9(15)8(14)4-6/h3-4H,5H2,1-2H3,(H,16,17). The van der Waals surface area contributed by atoms with Crippen molar-refractivity contribution in [1.82, 2.24) is 5.32 Å². The fourth-order valence-corrected chi connectivity index (χ4v) is 1.17. The molecule has 1 amide bonds. The molecular formula is C11H11ClF3NO. The van der Waals surface area contributed by atoms with Crippen molar-refractivity contribution in [3.8, 4) is 0 Å². The van der Waals surface area contributed by atoms with E-state index in [2.05, 4.69) is 5.32 Å². The zero-order valence-corrected chi connectivity index (χ0v) is 10.0. The summed E-state index contributed by atoms with van der Waals surface area (Å²) < 4.78 is 38.5. The van der Waals surface area contributed by atoms with Crippen LogP contribution in [0.1, 0.15) is 24.2 Å². The second-order valence-electron chi connectivity index (χ2n) is 4.23. The first-order valence-electron chi connectivity index (χ1n) is 4.80. The van der Waals surface area contributed by atoms with E-state index in [1.54, 1.807) is 13.8 Å². The number of carbonyl (C=O) groups is 1. The van der Waals surface area contributed by atoms with Crippen LogP contribution in [-0.2, 0) is 0 Å². The van der Waals surface area contributed by atoms with E-state index in [1.165, 1.54) is 0 Å². The molecule has 94 valence electrons. The number of rotatable bonds is 3. The topological polar surface area (TPSA) is 29.1 Å². The quantitative estimate of drug-likeness (QED) is 0.661. The lowest BCUT2D eigenvalue weighted by atomic mass is 10.1. The number of halogens is 4. The maximum absolute atomic E-state index is 12.9. The molecule has 0 saturated heterocycles. The molecule has 0 aliphatic carbocycles. The number of nitrogens with one attached hydrogen (secondary N) is 1. The van der Waals surface area contributed by atoms with Gasteiger partial charge in [-0.1, -0.05) is 0 Å². The number of alkyl halides is 1. The third-order valence-corrected chi connectivity index (χ3v) is 2.70. The minimum absolute atomic E-state index is 0.130. The van der Waals surface area contributed by atoms with Gasteiger partial charge in [0.15, 0.2) is 17.5 Å². The van der Waals surface area contributed by atoms with Gasteiger partial charge < -0.3 is 5.32 Å². The van der Waals surface area contributed by atoms with E-state index in [9.17, 15) is 18.0 Å². The van der Waals surface area contributed by atoms with Crippen molar-refractivity contribution in [3.05, 3.63) is 35.1 Å². The molecule has 0 fully saturated rings. The Bertz CT molecular complexity index is 425. The first-order valence-corrected chi connectivity index (χ1v) is 5.33. The molecule has 0 aliphatic rings. The van der Waals surface area contributed by atoms with Crippen LogP contribution in [0.15, 0.2) is 12.1 Å². The van der Waals surface area contributed by atoms with E-state index in [-0.39, 0.29) is 11.4 Å². The number of hydrogen-bond acceptors (Lipinski definition) is 1. The van der Waals surface area contributed by atoms with Gasteiger partial charge in [-0.25, -0.2) is 13.2 Å². The second-order valence-corrected chi connectivity index (χ2v) is 4.49. The smallest absolute Gasteiger partial charge is 0.251 e. The molecule has 0 heterocycles. The Morgan fingerprint density at radius 1 is 1.29 bits per heavy atom. The van der Waals surface area contributed by atoms with Gasteiger partial charge in [0.05, 0.1) is 0 Å². The molecule has 0 aliphatic heterocycles. The number of hydrogen-bond donors (Lipinski definition) is 1. The first kappa shape index (κ1) is 13.8. The monoisotopic (exact) mass is 265 g/mol. The molecule has 1 aromatic rings. The van der Waals surface area contributed by atoms with Crippen LogP contribution >= 0.6 is 11.6 Å². The zero-order chi connectivity index (χ0) is 13.2. The van der Waals surface area contributed by atoms with E-state index in [4.69, 9.17) is 11.6 Å². The average molecular weight is 266 g/mol. The molecule has 1 rings (SSSR count). The van der Waals surface area contributed by atoms with Gasteiger partial charge in [0.25, 0.3) is 5.91 Å². The van der Waals surface area contributed by atoms with Crippen LogP contribution in [0.3, 0.4) is 0 Å². The lowest BCUT2D eigenvalue weighted by Gasteiger charge is -2.23. The largest absolute Gasteiger partial charge is 0.346 e.